The Morgan fingerprint density at radius 2 is 2.57 bits per heavy atom. The molecule has 0 radical (unpaired) electrons. The Kier molecular flexibility index (Phi) is 2.84. The first kappa shape index (κ1) is 9.68. The normalized spacial score (nSPS) is 22.4. The van der Waals surface area contributed by atoms with Crippen LogP contribution in [0.25, 0.3) is 0 Å². The molecule has 76 valence electrons. The maximum Gasteiger partial charge on any atom is 0.254 e. The average Bonchev–Trinajstić information content (AvgIpc) is 2.69. The Labute approximate surface area is 87.7 Å². The summed E-state index contributed by atoms with van der Waals surface area (Å²) in [6.07, 6.45) is 0. The highest BCUT2D eigenvalue weighted by atomic mass is 32.1. The summed E-state index contributed by atoms with van der Waals surface area (Å²) in [4.78, 5) is 13.8. The molecule has 14 heavy (non-hydrogen) atoms. The van der Waals surface area contributed by atoms with Gasteiger partial charge in [0.25, 0.3) is 5.91 Å². The summed E-state index contributed by atoms with van der Waals surface area (Å²) in [6.45, 7) is 4.64. The quantitative estimate of drug-likeness (QED) is 0.755. The predicted octanol–water partition coefficient (Wildman–Crippen LogP) is 1.18. The third-order valence-electron chi connectivity index (χ3n) is 2.42. The molecular formula is C10H14N2OS. The summed E-state index contributed by atoms with van der Waals surface area (Å²) in [6, 6.07) is 2.30. The Balaban J connectivity index is 2.04. The van der Waals surface area contributed by atoms with Crippen LogP contribution >= 0.6 is 11.3 Å². The van der Waals surface area contributed by atoms with Crippen molar-refractivity contribution in [2.24, 2.45) is 0 Å². The molecule has 0 aromatic carbocycles. The molecular weight excluding hydrogens is 196 g/mol. The second kappa shape index (κ2) is 4.11. The van der Waals surface area contributed by atoms with Crippen LogP contribution in [0.15, 0.2) is 16.8 Å². The number of carbonyl (C=O) groups is 1. The van der Waals surface area contributed by atoms with Gasteiger partial charge in [0, 0.05) is 31.1 Å². The van der Waals surface area contributed by atoms with Crippen LogP contribution in [0.4, 0.5) is 0 Å². The molecule has 0 aliphatic carbocycles. The van der Waals surface area contributed by atoms with Gasteiger partial charge in [0.15, 0.2) is 0 Å². The number of hydrogen-bond acceptors (Lipinski definition) is 3. The summed E-state index contributed by atoms with van der Waals surface area (Å²) in [5.74, 6) is 0.166. The second-order valence-corrected chi connectivity index (χ2v) is 4.40. The van der Waals surface area contributed by atoms with E-state index in [9.17, 15) is 4.79 Å². The van der Waals surface area contributed by atoms with E-state index in [0.29, 0.717) is 6.04 Å². The molecule has 4 heteroatoms. The number of carbonyl (C=O) groups excluding carboxylic acids is 1. The second-order valence-electron chi connectivity index (χ2n) is 3.62. The number of nitrogens with one attached hydrogen (secondary N) is 1. The van der Waals surface area contributed by atoms with Crippen molar-refractivity contribution in [1.29, 1.82) is 0 Å². The minimum Gasteiger partial charge on any atom is -0.336 e. The van der Waals surface area contributed by atoms with Crippen LogP contribution in [0.5, 0.6) is 0 Å². The first-order chi connectivity index (χ1) is 6.77. The highest BCUT2D eigenvalue weighted by Crippen LogP contribution is 2.11. The van der Waals surface area contributed by atoms with Gasteiger partial charge >= 0.3 is 0 Å². The molecule has 2 heterocycles. The van der Waals surface area contributed by atoms with E-state index in [-0.39, 0.29) is 5.91 Å². The van der Waals surface area contributed by atoms with Crippen LogP contribution in [0.1, 0.15) is 17.3 Å². The van der Waals surface area contributed by atoms with E-state index in [2.05, 4.69) is 12.2 Å². The molecule has 2 rings (SSSR count). The number of piperazine rings is 1. The van der Waals surface area contributed by atoms with E-state index in [1.165, 1.54) is 0 Å². The summed E-state index contributed by atoms with van der Waals surface area (Å²) < 4.78 is 0. The summed E-state index contributed by atoms with van der Waals surface area (Å²) in [5.41, 5.74) is 0.823. The number of thiophene rings is 1. The van der Waals surface area contributed by atoms with Crippen LogP contribution in [0, 0.1) is 0 Å². The molecule has 1 aromatic rings. The van der Waals surface area contributed by atoms with Crippen molar-refractivity contribution in [1.82, 2.24) is 10.2 Å². The molecule has 1 saturated heterocycles. The van der Waals surface area contributed by atoms with E-state index in [1.807, 2.05) is 21.7 Å². The zero-order chi connectivity index (χ0) is 9.97. The van der Waals surface area contributed by atoms with Crippen molar-refractivity contribution >= 4 is 17.2 Å². The zero-order valence-corrected chi connectivity index (χ0v) is 9.01. The van der Waals surface area contributed by atoms with Crippen molar-refractivity contribution < 1.29 is 4.79 Å². The van der Waals surface area contributed by atoms with Gasteiger partial charge in [0.05, 0.1) is 5.56 Å². The van der Waals surface area contributed by atoms with E-state index in [1.54, 1.807) is 11.3 Å². The molecule has 0 spiro atoms. The minimum absolute atomic E-state index is 0.166. The van der Waals surface area contributed by atoms with Crippen LogP contribution in [-0.2, 0) is 0 Å². The summed E-state index contributed by atoms with van der Waals surface area (Å²) in [5, 5.41) is 7.18. The topological polar surface area (TPSA) is 32.3 Å². The van der Waals surface area contributed by atoms with Crippen LogP contribution in [-0.4, -0.2) is 36.5 Å². The highest BCUT2D eigenvalue weighted by molar-refractivity contribution is 7.08. The summed E-state index contributed by atoms with van der Waals surface area (Å²) >= 11 is 1.57. The van der Waals surface area contributed by atoms with Crippen molar-refractivity contribution in [2.45, 2.75) is 13.0 Å². The van der Waals surface area contributed by atoms with Crippen LogP contribution in [0.3, 0.4) is 0 Å². The van der Waals surface area contributed by atoms with Crippen molar-refractivity contribution in [2.75, 3.05) is 19.6 Å². The molecule has 1 aliphatic rings. The van der Waals surface area contributed by atoms with E-state index >= 15 is 0 Å². The van der Waals surface area contributed by atoms with Gasteiger partial charge in [-0.3, -0.25) is 4.79 Å². The Morgan fingerprint density at radius 1 is 1.71 bits per heavy atom. The lowest BCUT2D eigenvalue weighted by Gasteiger charge is -2.31. The molecule has 1 fully saturated rings. The molecule has 1 aromatic heterocycles. The lowest BCUT2D eigenvalue weighted by molar-refractivity contribution is 0.0709. The van der Waals surface area contributed by atoms with E-state index in [4.69, 9.17) is 0 Å². The smallest absolute Gasteiger partial charge is 0.254 e. The summed E-state index contributed by atoms with van der Waals surface area (Å²) in [7, 11) is 0. The lowest BCUT2D eigenvalue weighted by atomic mass is 10.2. The number of rotatable bonds is 1. The maximum absolute atomic E-state index is 11.9. The molecule has 1 amide bonds. The van der Waals surface area contributed by atoms with Gasteiger partial charge in [-0.1, -0.05) is 0 Å². The molecule has 1 N–H and O–H groups in total. The first-order valence-electron chi connectivity index (χ1n) is 4.82. The largest absolute Gasteiger partial charge is 0.336 e. The van der Waals surface area contributed by atoms with Crippen LogP contribution < -0.4 is 5.32 Å². The fourth-order valence-electron chi connectivity index (χ4n) is 1.69. The van der Waals surface area contributed by atoms with Gasteiger partial charge in [-0.25, -0.2) is 0 Å². The highest BCUT2D eigenvalue weighted by Gasteiger charge is 2.21. The first-order valence-corrected chi connectivity index (χ1v) is 5.76. The van der Waals surface area contributed by atoms with Gasteiger partial charge in [-0.2, -0.15) is 11.3 Å². The Hall–Kier alpha value is -0.870. The SMILES string of the molecule is CC1CN(C(=O)c2ccsc2)CCN1. The number of nitrogens with zero attached hydrogens (tertiary/aromatic N) is 1. The van der Waals surface area contributed by atoms with Crippen molar-refractivity contribution in [3.63, 3.8) is 0 Å². The minimum atomic E-state index is 0.166. The average molecular weight is 210 g/mol. The monoisotopic (exact) mass is 210 g/mol. The van der Waals surface area contributed by atoms with Gasteiger partial charge < -0.3 is 10.2 Å². The molecule has 3 nitrogen and oxygen atoms in total. The maximum atomic E-state index is 11.9. The van der Waals surface area contributed by atoms with E-state index in [0.717, 1.165) is 25.2 Å². The third kappa shape index (κ3) is 1.96. The fourth-order valence-corrected chi connectivity index (χ4v) is 2.32. The number of hydrogen-bond donors (Lipinski definition) is 1. The van der Waals surface area contributed by atoms with Gasteiger partial charge in [0.2, 0.25) is 0 Å². The Bertz CT molecular complexity index is 310. The van der Waals surface area contributed by atoms with Gasteiger partial charge in [-0.15, -0.1) is 0 Å². The molecule has 1 unspecified atom stereocenters. The van der Waals surface area contributed by atoms with E-state index < -0.39 is 0 Å². The van der Waals surface area contributed by atoms with Gasteiger partial charge in [0.1, 0.15) is 0 Å². The Morgan fingerprint density at radius 3 is 3.21 bits per heavy atom. The molecule has 1 atom stereocenters. The number of amides is 1. The molecule has 1 aliphatic heterocycles. The van der Waals surface area contributed by atoms with Crippen LogP contribution in [0.2, 0.25) is 0 Å². The predicted molar refractivity (Wildman–Crippen MR) is 57.7 cm³/mol. The van der Waals surface area contributed by atoms with Crippen molar-refractivity contribution in [3.05, 3.63) is 22.4 Å². The third-order valence-corrected chi connectivity index (χ3v) is 3.11. The molecule has 0 bridgehead atoms. The molecule has 0 saturated carbocycles. The standard InChI is InChI=1S/C10H14N2OS/c1-8-6-12(4-3-11-8)10(13)9-2-5-14-7-9/h2,5,7-8,11H,3-4,6H2,1H3. The van der Waals surface area contributed by atoms with Crippen molar-refractivity contribution in [3.8, 4) is 0 Å². The zero-order valence-electron chi connectivity index (χ0n) is 8.19. The van der Waals surface area contributed by atoms with Gasteiger partial charge in [-0.05, 0) is 18.4 Å². The lowest BCUT2D eigenvalue weighted by Crippen LogP contribution is -2.51. The fraction of sp³-hybridized carbons (Fsp3) is 0.500.